The van der Waals surface area contributed by atoms with Crippen LogP contribution in [-0.2, 0) is 24.8 Å². The molecule has 7 heteroatoms. The molecule has 0 heterocycles. The molecule has 0 fully saturated rings. The van der Waals surface area contributed by atoms with Gasteiger partial charge in [-0.15, -0.1) is 0 Å². The number of hydrogen-bond donors (Lipinski definition) is 0. The van der Waals surface area contributed by atoms with E-state index in [9.17, 15) is 18.5 Å². The highest BCUT2D eigenvalue weighted by Crippen LogP contribution is 2.32. The highest BCUT2D eigenvalue weighted by Gasteiger charge is 2.43. The topological polar surface area (TPSA) is 84.2 Å². The maximum Gasteiger partial charge on any atom is 0.331 e. The Balaban J connectivity index is 2.40. The van der Waals surface area contributed by atoms with Crippen LogP contribution in [0.4, 0.5) is 0 Å². The Hall–Kier alpha value is -2.36. The Kier molecular flexibility index (Phi) is 6.41. The molecule has 0 N–H and O–H groups in total. The lowest BCUT2D eigenvalue weighted by Gasteiger charge is -2.25. The average molecular weight is 392 g/mol. The lowest BCUT2D eigenvalue weighted by atomic mass is 9.79. The first kappa shape index (κ1) is 20.0. The third-order valence-corrected chi connectivity index (χ3v) is 5.98. The zero-order chi connectivity index (χ0) is 19.2. The van der Waals surface area contributed by atoms with E-state index in [1.54, 1.807) is 37.3 Å². The fourth-order valence-electron chi connectivity index (χ4n) is 2.55. The second-order valence-corrected chi connectivity index (χ2v) is 8.17. The largest absolute Gasteiger partial charge is 0.465 e. The van der Waals surface area contributed by atoms with Gasteiger partial charge in [0.25, 0.3) is 0 Å². The summed E-state index contributed by atoms with van der Waals surface area (Å²) in [6, 6.07) is 16.1. The van der Waals surface area contributed by atoms with Gasteiger partial charge in [-0.3, -0.25) is 0 Å². The van der Waals surface area contributed by atoms with Gasteiger partial charge in [-0.25, -0.2) is 13.2 Å². The maximum atomic E-state index is 12.6. The molecule has 0 bridgehead atoms. The summed E-state index contributed by atoms with van der Waals surface area (Å²) in [5, 5.41) is 10.2. The molecule has 0 aliphatic carbocycles. The smallest absolute Gasteiger partial charge is 0.331 e. The Morgan fingerprint density at radius 3 is 2.31 bits per heavy atom. The lowest BCUT2D eigenvalue weighted by molar-refractivity contribution is -0.147. The van der Waals surface area contributed by atoms with Crippen molar-refractivity contribution in [2.75, 3.05) is 12.4 Å². The fraction of sp³-hybridized carbons (Fsp3) is 0.263. The standard InChI is InChI=1S/C19H18ClNO4S/c1-2-25-18(22)19(14-21,15-8-10-16(20)11-9-15)12-13-26(23,24)17-6-4-3-5-7-17/h3-11H,2,12-13H2,1H3/t19-/m1/s1. The molecule has 2 aromatic carbocycles. The second kappa shape index (κ2) is 8.35. The number of esters is 1. The summed E-state index contributed by atoms with van der Waals surface area (Å²) < 4.78 is 30.2. The summed E-state index contributed by atoms with van der Waals surface area (Å²) in [5.74, 6) is -1.14. The average Bonchev–Trinajstić information content (AvgIpc) is 2.65. The lowest BCUT2D eigenvalue weighted by Crippen LogP contribution is -2.38. The molecule has 2 rings (SSSR count). The fourth-order valence-corrected chi connectivity index (χ4v) is 4.06. The molecule has 0 spiro atoms. The summed E-state index contributed by atoms with van der Waals surface area (Å²) in [5.41, 5.74) is -1.37. The molecular weight excluding hydrogens is 374 g/mol. The Morgan fingerprint density at radius 1 is 1.15 bits per heavy atom. The summed E-state index contributed by atoms with van der Waals surface area (Å²) in [6.45, 7) is 1.71. The van der Waals surface area contributed by atoms with Crippen molar-refractivity contribution in [1.82, 2.24) is 0 Å². The molecule has 0 radical (unpaired) electrons. The van der Waals surface area contributed by atoms with E-state index in [0.29, 0.717) is 10.6 Å². The molecule has 0 saturated heterocycles. The predicted molar refractivity (Wildman–Crippen MR) is 98.5 cm³/mol. The molecule has 136 valence electrons. The van der Waals surface area contributed by atoms with Crippen molar-refractivity contribution >= 4 is 27.4 Å². The number of carbonyl (C=O) groups excluding carboxylic acids is 1. The van der Waals surface area contributed by atoms with Crippen LogP contribution in [0.25, 0.3) is 0 Å². The van der Waals surface area contributed by atoms with Crippen molar-refractivity contribution in [1.29, 1.82) is 5.26 Å². The SMILES string of the molecule is CCOC(=O)[C@@](C#N)(CCS(=O)(=O)c1ccccc1)c1ccc(Cl)cc1. The van der Waals surface area contributed by atoms with Crippen LogP contribution >= 0.6 is 11.6 Å². The molecule has 0 unspecified atom stereocenters. The Morgan fingerprint density at radius 2 is 1.77 bits per heavy atom. The van der Waals surface area contributed by atoms with E-state index in [2.05, 4.69) is 0 Å². The van der Waals surface area contributed by atoms with Crippen LogP contribution in [-0.4, -0.2) is 26.7 Å². The minimum Gasteiger partial charge on any atom is -0.465 e. The molecule has 26 heavy (non-hydrogen) atoms. The Bertz CT molecular complexity index is 905. The monoisotopic (exact) mass is 391 g/mol. The minimum absolute atomic E-state index is 0.0846. The van der Waals surface area contributed by atoms with Crippen molar-refractivity contribution < 1.29 is 17.9 Å². The van der Waals surface area contributed by atoms with Crippen molar-refractivity contribution in [2.45, 2.75) is 23.7 Å². The van der Waals surface area contributed by atoms with Crippen molar-refractivity contribution in [3.63, 3.8) is 0 Å². The van der Waals surface area contributed by atoms with E-state index >= 15 is 0 Å². The maximum absolute atomic E-state index is 12.6. The van der Waals surface area contributed by atoms with Crippen molar-refractivity contribution in [3.8, 4) is 6.07 Å². The zero-order valence-electron chi connectivity index (χ0n) is 14.2. The summed E-state index contributed by atoms with van der Waals surface area (Å²) in [4.78, 5) is 12.7. The second-order valence-electron chi connectivity index (χ2n) is 5.63. The van der Waals surface area contributed by atoms with Crippen LogP contribution in [0.15, 0.2) is 59.5 Å². The van der Waals surface area contributed by atoms with Gasteiger partial charge < -0.3 is 4.74 Å². The number of ether oxygens (including phenoxy) is 1. The number of carbonyl (C=O) groups is 1. The number of nitrogens with zero attached hydrogens (tertiary/aromatic N) is 1. The quantitative estimate of drug-likeness (QED) is 0.674. The van der Waals surface area contributed by atoms with Gasteiger partial charge in [0.15, 0.2) is 15.3 Å². The number of sulfone groups is 1. The normalized spacial score (nSPS) is 13.4. The number of halogens is 1. The van der Waals surface area contributed by atoms with Gasteiger partial charge in [0.1, 0.15) is 0 Å². The molecule has 0 aliphatic rings. The van der Waals surface area contributed by atoms with Crippen molar-refractivity contribution in [2.24, 2.45) is 0 Å². The summed E-state index contributed by atoms with van der Waals surface area (Å²) >= 11 is 5.88. The third kappa shape index (κ3) is 4.24. The van der Waals surface area contributed by atoms with E-state index in [1.165, 1.54) is 24.3 Å². The summed E-state index contributed by atoms with van der Waals surface area (Å²) in [6.07, 6.45) is -0.221. The van der Waals surface area contributed by atoms with E-state index in [-0.39, 0.29) is 23.7 Å². The van der Waals surface area contributed by atoms with Crippen LogP contribution in [0.3, 0.4) is 0 Å². The molecular formula is C19H18ClNO4S. The molecule has 5 nitrogen and oxygen atoms in total. The van der Waals surface area contributed by atoms with Gasteiger partial charge in [0.05, 0.1) is 23.3 Å². The van der Waals surface area contributed by atoms with Gasteiger partial charge >= 0.3 is 5.97 Å². The van der Waals surface area contributed by atoms with Crippen LogP contribution in [0, 0.1) is 11.3 Å². The zero-order valence-corrected chi connectivity index (χ0v) is 15.8. The number of benzene rings is 2. The van der Waals surface area contributed by atoms with Crippen molar-refractivity contribution in [3.05, 3.63) is 65.2 Å². The van der Waals surface area contributed by atoms with Gasteiger partial charge in [0, 0.05) is 5.02 Å². The van der Waals surface area contributed by atoms with Crippen LogP contribution in [0.5, 0.6) is 0 Å². The third-order valence-electron chi connectivity index (χ3n) is 4.00. The Labute approximate surface area is 158 Å². The van der Waals surface area contributed by atoms with E-state index < -0.39 is 21.2 Å². The van der Waals surface area contributed by atoms with Crippen LogP contribution in [0.2, 0.25) is 5.02 Å². The van der Waals surface area contributed by atoms with Crippen LogP contribution in [0.1, 0.15) is 18.9 Å². The predicted octanol–water partition coefficient (Wildman–Crippen LogP) is 3.53. The molecule has 1 atom stereocenters. The van der Waals surface area contributed by atoms with E-state index in [1.807, 2.05) is 6.07 Å². The number of nitriles is 1. The first-order valence-electron chi connectivity index (χ1n) is 7.98. The number of hydrogen-bond acceptors (Lipinski definition) is 5. The summed E-state index contributed by atoms with van der Waals surface area (Å²) in [7, 11) is -3.65. The van der Waals surface area contributed by atoms with E-state index in [0.717, 1.165) is 0 Å². The molecule has 0 saturated carbocycles. The highest BCUT2D eigenvalue weighted by atomic mass is 35.5. The first-order chi connectivity index (χ1) is 12.4. The molecule has 0 aromatic heterocycles. The molecule has 0 aliphatic heterocycles. The molecule has 0 amide bonds. The van der Waals surface area contributed by atoms with Gasteiger partial charge in [-0.1, -0.05) is 41.9 Å². The van der Waals surface area contributed by atoms with Crippen LogP contribution < -0.4 is 0 Å². The molecule has 2 aromatic rings. The number of rotatable bonds is 7. The van der Waals surface area contributed by atoms with Gasteiger partial charge in [0.2, 0.25) is 0 Å². The van der Waals surface area contributed by atoms with E-state index in [4.69, 9.17) is 16.3 Å². The first-order valence-corrected chi connectivity index (χ1v) is 10.0. The highest BCUT2D eigenvalue weighted by molar-refractivity contribution is 7.91. The van der Waals surface area contributed by atoms with Gasteiger partial charge in [-0.2, -0.15) is 5.26 Å². The minimum atomic E-state index is -3.65. The van der Waals surface area contributed by atoms with Gasteiger partial charge in [-0.05, 0) is 43.2 Å².